The normalized spacial score (nSPS) is 11.7. The Kier molecular flexibility index (Phi) is 8.14. The van der Waals surface area contributed by atoms with Gasteiger partial charge in [-0.3, -0.25) is 4.79 Å². The summed E-state index contributed by atoms with van der Waals surface area (Å²) in [5.41, 5.74) is 2.88. The molecule has 0 saturated carbocycles. The van der Waals surface area contributed by atoms with Crippen LogP contribution in [0.3, 0.4) is 0 Å². The molecule has 0 saturated heterocycles. The van der Waals surface area contributed by atoms with Gasteiger partial charge < -0.3 is 14.4 Å². The molecule has 0 fully saturated rings. The number of hydrogen-bond donors (Lipinski definition) is 0. The Morgan fingerprint density at radius 2 is 1.19 bits per heavy atom. The Morgan fingerprint density at radius 3 is 1.84 bits per heavy atom. The van der Waals surface area contributed by atoms with Gasteiger partial charge in [0.25, 0.3) is 5.91 Å². The fourth-order valence-electron chi connectivity index (χ4n) is 5.49. The van der Waals surface area contributed by atoms with E-state index in [0.29, 0.717) is 17.7 Å². The first-order valence-electron chi connectivity index (χ1n) is 14.2. The molecule has 6 aromatic rings. The zero-order valence-electron chi connectivity index (χ0n) is 23.9. The first-order valence-corrected chi connectivity index (χ1v) is 14.2. The fraction of sp³-hybridized carbons (Fsp3) is 0.105. The van der Waals surface area contributed by atoms with E-state index in [4.69, 9.17) is 9.47 Å². The molecule has 6 aromatic carbocycles. The summed E-state index contributed by atoms with van der Waals surface area (Å²) in [7, 11) is 1.63. The molecule has 0 unspecified atom stereocenters. The van der Waals surface area contributed by atoms with Crippen molar-refractivity contribution in [2.24, 2.45) is 0 Å². The Morgan fingerprint density at radius 1 is 0.628 bits per heavy atom. The van der Waals surface area contributed by atoms with Gasteiger partial charge >= 0.3 is 5.97 Å². The van der Waals surface area contributed by atoms with E-state index in [1.165, 1.54) is 0 Å². The van der Waals surface area contributed by atoms with E-state index in [0.717, 1.165) is 38.4 Å². The van der Waals surface area contributed by atoms with Gasteiger partial charge in [-0.15, -0.1) is 0 Å². The van der Waals surface area contributed by atoms with Crippen LogP contribution in [0.2, 0.25) is 0 Å². The van der Waals surface area contributed by atoms with E-state index in [2.05, 4.69) is 0 Å². The number of nitrogens with zero attached hydrogens (tertiary/aromatic N) is 1. The lowest BCUT2D eigenvalue weighted by molar-refractivity contribution is 0.0301. The quantitative estimate of drug-likeness (QED) is 0.166. The molecule has 212 valence electrons. The molecule has 0 bridgehead atoms. The van der Waals surface area contributed by atoms with Gasteiger partial charge in [0.2, 0.25) is 0 Å². The Balaban J connectivity index is 1.40. The smallest absolute Gasteiger partial charge is 0.338 e. The topological polar surface area (TPSA) is 55.8 Å². The van der Waals surface area contributed by atoms with Gasteiger partial charge in [0.15, 0.2) is 0 Å². The van der Waals surface area contributed by atoms with Crippen LogP contribution in [0.1, 0.15) is 37.9 Å². The van der Waals surface area contributed by atoms with Crippen LogP contribution < -0.4 is 4.74 Å². The second-order valence-corrected chi connectivity index (χ2v) is 10.4. The van der Waals surface area contributed by atoms with Crippen LogP contribution in [0.4, 0.5) is 0 Å². The first-order chi connectivity index (χ1) is 21.1. The van der Waals surface area contributed by atoms with Gasteiger partial charge in [0.05, 0.1) is 18.7 Å². The molecule has 0 aliphatic rings. The summed E-state index contributed by atoms with van der Waals surface area (Å²) in [5.74, 6) is 0.154. The van der Waals surface area contributed by atoms with Crippen LogP contribution >= 0.6 is 0 Å². The monoisotopic (exact) mass is 565 g/mol. The van der Waals surface area contributed by atoms with Crippen molar-refractivity contribution in [1.29, 1.82) is 0 Å². The minimum atomic E-state index is -0.548. The van der Waals surface area contributed by atoms with Crippen molar-refractivity contribution in [3.8, 4) is 5.75 Å². The molecule has 0 N–H and O–H groups in total. The fourth-order valence-corrected chi connectivity index (χ4v) is 5.49. The van der Waals surface area contributed by atoms with E-state index in [1.807, 2.05) is 133 Å². The van der Waals surface area contributed by atoms with Crippen molar-refractivity contribution in [1.82, 2.24) is 4.90 Å². The third-order valence-electron chi connectivity index (χ3n) is 7.74. The van der Waals surface area contributed by atoms with Crippen molar-refractivity contribution in [2.45, 2.75) is 12.6 Å². The third kappa shape index (κ3) is 5.97. The molecule has 5 heteroatoms. The molecule has 0 heterocycles. The molecule has 5 nitrogen and oxygen atoms in total. The zero-order valence-corrected chi connectivity index (χ0v) is 23.9. The summed E-state index contributed by atoms with van der Waals surface area (Å²) < 4.78 is 11.4. The number of benzene rings is 6. The van der Waals surface area contributed by atoms with Crippen LogP contribution in [0.25, 0.3) is 21.5 Å². The number of esters is 1. The molecule has 0 radical (unpaired) electrons. The van der Waals surface area contributed by atoms with Crippen LogP contribution in [-0.2, 0) is 11.3 Å². The molecule has 0 aliphatic carbocycles. The predicted molar refractivity (Wildman–Crippen MR) is 170 cm³/mol. The number of carbonyl (C=O) groups is 2. The minimum absolute atomic E-state index is 0.0152. The molecule has 1 amide bonds. The van der Waals surface area contributed by atoms with Crippen molar-refractivity contribution in [3.05, 3.63) is 162 Å². The molecular formula is C38H31NO4. The van der Waals surface area contributed by atoms with Crippen molar-refractivity contribution in [2.75, 3.05) is 13.7 Å². The molecule has 0 aliphatic heterocycles. The maximum absolute atomic E-state index is 14.6. The van der Waals surface area contributed by atoms with E-state index in [9.17, 15) is 9.59 Å². The molecular weight excluding hydrogens is 534 g/mol. The average molecular weight is 566 g/mol. The number of fused-ring (bicyclic) bond motifs is 2. The second kappa shape index (κ2) is 12.6. The summed E-state index contributed by atoms with van der Waals surface area (Å²) >= 11 is 0. The Bertz CT molecular complexity index is 1870. The van der Waals surface area contributed by atoms with Gasteiger partial charge in [-0.05, 0) is 56.9 Å². The van der Waals surface area contributed by atoms with Gasteiger partial charge in [-0.25, -0.2) is 4.79 Å². The number of hydrogen-bond acceptors (Lipinski definition) is 4. The molecule has 1 atom stereocenters. The van der Waals surface area contributed by atoms with Gasteiger partial charge in [0.1, 0.15) is 12.4 Å². The van der Waals surface area contributed by atoms with E-state index in [-0.39, 0.29) is 12.5 Å². The SMILES string of the molecule is COc1ccc(CN(C(=O)c2cccc3ccccc23)[C@@H](COC(=O)c2cccc3ccccc23)c2ccccc2)cc1. The Hall–Kier alpha value is -5.42. The third-order valence-corrected chi connectivity index (χ3v) is 7.74. The highest BCUT2D eigenvalue weighted by atomic mass is 16.5. The highest BCUT2D eigenvalue weighted by Gasteiger charge is 2.29. The number of amides is 1. The lowest BCUT2D eigenvalue weighted by Gasteiger charge is -2.32. The summed E-state index contributed by atoms with van der Waals surface area (Å²) in [6.45, 7) is 0.288. The van der Waals surface area contributed by atoms with Crippen LogP contribution in [-0.4, -0.2) is 30.5 Å². The standard InChI is InChI=1S/C38H31NO4/c1-42-31-23-21-27(22-24-31)25-39(37(40)34-19-9-15-28-11-5-7-17-32(28)34)36(30-13-3-2-4-14-30)26-43-38(41)35-20-10-16-29-12-6-8-18-33(29)35/h2-24,36H,25-26H2,1H3/t36-/m0/s1. The van der Waals surface area contributed by atoms with Crippen molar-refractivity contribution >= 4 is 33.4 Å². The number of methoxy groups -OCH3 is 1. The summed E-state index contributed by atoms with van der Waals surface area (Å²) in [6.07, 6.45) is 0. The highest BCUT2D eigenvalue weighted by molar-refractivity contribution is 6.07. The van der Waals surface area contributed by atoms with E-state index < -0.39 is 12.0 Å². The lowest BCUT2D eigenvalue weighted by atomic mass is 10.00. The molecule has 0 aromatic heterocycles. The predicted octanol–water partition coefficient (Wildman–Crippen LogP) is 8.24. The van der Waals surface area contributed by atoms with Crippen molar-refractivity contribution < 1.29 is 19.1 Å². The second-order valence-electron chi connectivity index (χ2n) is 10.4. The summed E-state index contributed by atoms with van der Waals surface area (Å²) in [6, 6.07) is 43.8. The van der Waals surface area contributed by atoms with Crippen molar-refractivity contribution in [3.63, 3.8) is 0 Å². The number of rotatable bonds is 9. The van der Waals surface area contributed by atoms with E-state index in [1.54, 1.807) is 18.1 Å². The summed E-state index contributed by atoms with van der Waals surface area (Å²) in [5, 5.41) is 3.64. The summed E-state index contributed by atoms with van der Waals surface area (Å²) in [4.78, 5) is 29.9. The van der Waals surface area contributed by atoms with Crippen LogP contribution in [0, 0.1) is 0 Å². The molecule has 6 rings (SSSR count). The van der Waals surface area contributed by atoms with E-state index >= 15 is 0 Å². The number of ether oxygens (including phenoxy) is 2. The molecule has 0 spiro atoms. The van der Waals surface area contributed by atoms with Gasteiger partial charge in [-0.2, -0.15) is 0 Å². The minimum Gasteiger partial charge on any atom is -0.497 e. The largest absolute Gasteiger partial charge is 0.497 e. The van der Waals surface area contributed by atoms with Gasteiger partial charge in [-0.1, -0.05) is 115 Å². The maximum atomic E-state index is 14.6. The first kappa shape index (κ1) is 27.7. The Labute approximate surface area is 250 Å². The maximum Gasteiger partial charge on any atom is 0.338 e. The average Bonchev–Trinajstić information content (AvgIpc) is 3.07. The van der Waals surface area contributed by atoms with Crippen LogP contribution in [0.15, 0.2) is 140 Å². The molecule has 43 heavy (non-hydrogen) atoms. The zero-order chi connectivity index (χ0) is 29.6. The lowest BCUT2D eigenvalue weighted by Crippen LogP contribution is -2.37. The number of carbonyl (C=O) groups excluding carboxylic acids is 2. The van der Waals surface area contributed by atoms with Gasteiger partial charge in [0, 0.05) is 12.1 Å². The highest BCUT2D eigenvalue weighted by Crippen LogP contribution is 2.30. The van der Waals surface area contributed by atoms with Crippen LogP contribution in [0.5, 0.6) is 5.75 Å².